The maximum absolute atomic E-state index is 12.6. The quantitative estimate of drug-likeness (QED) is 0.917. The number of benzene rings is 1. The largest absolute Gasteiger partial charge is 0.479 e. The van der Waals surface area contributed by atoms with Crippen molar-refractivity contribution in [3.8, 4) is 0 Å². The summed E-state index contributed by atoms with van der Waals surface area (Å²) in [5.41, 5.74) is 0.266. The summed E-state index contributed by atoms with van der Waals surface area (Å²) in [5.74, 6) is -1.78. The van der Waals surface area contributed by atoms with Gasteiger partial charge in [-0.25, -0.2) is 4.79 Å². The van der Waals surface area contributed by atoms with Crippen molar-refractivity contribution in [3.63, 3.8) is 0 Å². The van der Waals surface area contributed by atoms with Crippen LogP contribution in [-0.2, 0) is 28.7 Å². The number of carboxylic acid groups (broad SMARTS) is 1. The van der Waals surface area contributed by atoms with E-state index < -0.39 is 36.3 Å². The molecule has 132 valence electrons. The first kappa shape index (κ1) is 17.0. The predicted octanol–water partition coefficient (Wildman–Crippen LogP) is 2.11. The first-order chi connectivity index (χ1) is 11.8. The summed E-state index contributed by atoms with van der Waals surface area (Å²) in [6, 6.07) is 6.53. The van der Waals surface area contributed by atoms with Gasteiger partial charge in [0, 0.05) is 12.7 Å². The number of amides is 1. The lowest BCUT2D eigenvalue weighted by Crippen LogP contribution is -2.44. The highest BCUT2D eigenvalue weighted by molar-refractivity contribution is 5.85. The highest BCUT2D eigenvalue weighted by Crippen LogP contribution is 2.30. The molecule has 0 radical (unpaired) electrons. The normalized spacial score (nSPS) is 17.2. The fourth-order valence-corrected chi connectivity index (χ4v) is 2.93. The lowest BCUT2D eigenvalue weighted by atomic mass is 9.92. The monoisotopic (exact) mass is 353 g/mol. The molecule has 1 aromatic heterocycles. The van der Waals surface area contributed by atoms with Crippen molar-refractivity contribution >= 4 is 11.9 Å². The Morgan fingerprint density at radius 1 is 1.24 bits per heavy atom. The van der Waals surface area contributed by atoms with Gasteiger partial charge < -0.3 is 10.0 Å². The molecular formula is C16H14F3N3O3. The number of alkyl halides is 3. The molecule has 0 saturated carbocycles. The van der Waals surface area contributed by atoms with Crippen LogP contribution in [0.4, 0.5) is 13.2 Å². The van der Waals surface area contributed by atoms with E-state index >= 15 is 0 Å². The standard InChI is InChI=1S/C16H14F3N3O3/c17-16(18,19)12-6-7-21(20-12)9-13(23)22-8-5-10-3-1-2-4-11(10)14(22)15(24)25/h1-4,6-7,14H,5,8-9H2,(H,24,25). The molecule has 1 amide bonds. The first-order valence-corrected chi connectivity index (χ1v) is 7.48. The van der Waals surface area contributed by atoms with Crippen LogP contribution in [0.15, 0.2) is 36.5 Å². The average molecular weight is 353 g/mol. The van der Waals surface area contributed by atoms with Crippen molar-refractivity contribution in [2.24, 2.45) is 0 Å². The van der Waals surface area contributed by atoms with Crippen molar-refractivity contribution in [1.82, 2.24) is 14.7 Å². The van der Waals surface area contributed by atoms with Crippen molar-refractivity contribution < 1.29 is 27.9 Å². The van der Waals surface area contributed by atoms with Gasteiger partial charge in [-0.15, -0.1) is 0 Å². The van der Waals surface area contributed by atoms with E-state index in [1.165, 1.54) is 4.90 Å². The Labute approximate surface area is 140 Å². The second kappa shape index (κ2) is 6.23. The Morgan fingerprint density at radius 3 is 2.60 bits per heavy atom. The van der Waals surface area contributed by atoms with E-state index in [9.17, 15) is 27.9 Å². The number of hydrogen-bond donors (Lipinski definition) is 1. The Bertz CT molecular complexity index is 816. The second-order valence-corrected chi connectivity index (χ2v) is 5.67. The molecule has 1 aliphatic heterocycles. The lowest BCUT2D eigenvalue weighted by Gasteiger charge is -2.34. The Morgan fingerprint density at radius 2 is 1.96 bits per heavy atom. The summed E-state index contributed by atoms with van der Waals surface area (Å²) >= 11 is 0. The first-order valence-electron chi connectivity index (χ1n) is 7.48. The fourth-order valence-electron chi connectivity index (χ4n) is 2.93. The second-order valence-electron chi connectivity index (χ2n) is 5.67. The maximum Gasteiger partial charge on any atom is 0.435 e. The number of carboxylic acids is 1. The minimum Gasteiger partial charge on any atom is -0.479 e. The topological polar surface area (TPSA) is 75.4 Å². The molecule has 2 aromatic rings. The van der Waals surface area contributed by atoms with Crippen LogP contribution in [0.2, 0.25) is 0 Å². The van der Waals surface area contributed by atoms with Crippen LogP contribution in [0, 0.1) is 0 Å². The third-order valence-electron chi connectivity index (χ3n) is 4.07. The molecule has 0 spiro atoms. The number of nitrogens with zero attached hydrogens (tertiary/aromatic N) is 3. The van der Waals surface area contributed by atoms with Crippen molar-refractivity contribution in [1.29, 1.82) is 0 Å². The Balaban J connectivity index is 1.82. The van der Waals surface area contributed by atoms with Crippen LogP contribution in [0.3, 0.4) is 0 Å². The maximum atomic E-state index is 12.6. The van der Waals surface area contributed by atoms with E-state index in [1.807, 2.05) is 0 Å². The molecule has 3 rings (SSSR count). The molecule has 1 atom stereocenters. The number of fused-ring (bicyclic) bond motifs is 1. The number of aromatic nitrogens is 2. The number of halogens is 3. The van der Waals surface area contributed by atoms with Crippen LogP contribution in [0.25, 0.3) is 0 Å². The van der Waals surface area contributed by atoms with E-state index in [0.29, 0.717) is 12.0 Å². The van der Waals surface area contributed by atoms with Gasteiger partial charge in [0.1, 0.15) is 6.54 Å². The number of carbonyl (C=O) groups excluding carboxylic acids is 1. The van der Waals surface area contributed by atoms with Gasteiger partial charge in [-0.1, -0.05) is 24.3 Å². The van der Waals surface area contributed by atoms with Gasteiger partial charge in [0.15, 0.2) is 11.7 Å². The number of rotatable bonds is 3. The van der Waals surface area contributed by atoms with Crippen molar-refractivity contribution in [2.75, 3.05) is 6.54 Å². The lowest BCUT2D eigenvalue weighted by molar-refractivity contribution is -0.151. The van der Waals surface area contributed by atoms with Crippen LogP contribution in [-0.4, -0.2) is 38.2 Å². The SMILES string of the molecule is O=C(O)C1c2ccccc2CCN1C(=O)Cn1ccc(C(F)(F)F)n1. The van der Waals surface area contributed by atoms with Gasteiger partial charge in [0.2, 0.25) is 5.91 Å². The minimum absolute atomic E-state index is 0.181. The van der Waals surface area contributed by atoms with E-state index in [0.717, 1.165) is 22.5 Å². The molecule has 0 bridgehead atoms. The molecule has 25 heavy (non-hydrogen) atoms. The van der Waals surface area contributed by atoms with Gasteiger partial charge in [-0.3, -0.25) is 9.48 Å². The molecule has 0 saturated heterocycles. The van der Waals surface area contributed by atoms with Crippen molar-refractivity contribution in [2.45, 2.75) is 25.2 Å². The zero-order chi connectivity index (χ0) is 18.2. The average Bonchev–Trinajstić information content (AvgIpc) is 3.02. The zero-order valence-corrected chi connectivity index (χ0v) is 12.9. The molecule has 0 fully saturated rings. The zero-order valence-electron chi connectivity index (χ0n) is 12.9. The molecule has 6 nitrogen and oxygen atoms in total. The molecule has 2 heterocycles. The van der Waals surface area contributed by atoms with Gasteiger partial charge in [0.05, 0.1) is 0 Å². The molecule has 1 unspecified atom stereocenters. The summed E-state index contributed by atoms with van der Waals surface area (Å²) in [5, 5.41) is 12.8. The highest BCUT2D eigenvalue weighted by Gasteiger charge is 2.37. The summed E-state index contributed by atoms with van der Waals surface area (Å²) < 4.78 is 38.6. The highest BCUT2D eigenvalue weighted by atomic mass is 19.4. The van der Waals surface area contributed by atoms with Crippen LogP contribution in [0.5, 0.6) is 0 Å². The number of aliphatic carboxylic acids is 1. The third-order valence-corrected chi connectivity index (χ3v) is 4.07. The molecule has 1 aromatic carbocycles. The van der Waals surface area contributed by atoms with Crippen molar-refractivity contribution in [3.05, 3.63) is 53.3 Å². The van der Waals surface area contributed by atoms with E-state index in [2.05, 4.69) is 5.10 Å². The molecular weight excluding hydrogens is 339 g/mol. The summed E-state index contributed by atoms with van der Waals surface area (Å²) in [6.45, 7) is -0.276. The van der Waals surface area contributed by atoms with Gasteiger partial charge in [-0.05, 0) is 23.6 Å². The molecule has 1 N–H and O–H groups in total. The predicted molar refractivity (Wildman–Crippen MR) is 79.5 cm³/mol. The van der Waals surface area contributed by atoms with E-state index in [-0.39, 0.29) is 6.54 Å². The third kappa shape index (κ3) is 3.35. The minimum atomic E-state index is -4.60. The Hall–Kier alpha value is -2.84. The van der Waals surface area contributed by atoms with Gasteiger partial charge in [-0.2, -0.15) is 18.3 Å². The van der Waals surface area contributed by atoms with Crippen LogP contribution >= 0.6 is 0 Å². The summed E-state index contributed by atoms with van der Waals surface area (Å²) in [6.07, 6.45) is -3.06. The number of hydrogen-bond acceptors (Lipinski definition) is 3. The van der Waals surface area contributed by atoms with E-state index in [4.69, 9.17) is 0 Å². The molecule has 9 heteroatoms. The van der Waals surface area contributed by atoms with Crippen LogP contribution in [0.1, 0.15) is 22.9 Å². The van der Waals surface area contributed by atoms with Gasteiger partial charge in [0.25, 0.3) is 0 Å². The summed E-state index contributed by atoms with van der Waals surface area (Å²) in [4.78, 5) is 25.3. The smallest absolute Gasteiger partial charge is 0.435 e. The van der Waals surface area contributed by atoms with Crippen LogP contribution < -0.4 is 0 Å². The molecule has 1 aliphatic rings. The molecule has 0 aliphatic carbocycles. The van der Waals surface area contributed by atoms with E-state index in [1.54, 1.807) is 24.3 Å². The Kier molecular flexibility index (Phi) is 4.23. The fraction of sp³-hybridized carbons (Fsp3) is 0.312. The summed E-state index contributed by atoms with van der Waals surface area (Å²) in [7, 11) is 0. The number of carbonyl (C=O) groups is 2. The van der Waals surface area contributed by atoms with Gasteiger partial charge >= 0.3 is 12.1 Å².